The Balaban J connectivity index is 1.19. The molecule has 1 aliphatic carbocycles. The van der Waals surface area contributed by atoms with Gasteiger partial charge in [0.25, 0.3) is 0 Å². The van der Waals surface area contributed by atoms with Gasteiger partial charge in [0.2, 0.25) is 5.56 Å². The lowest BCUT2D eigenvalue weighted by Crippen LogP contribution is -2.44. The Hall–Kier alpha value is -2.84. The monoisotopic (exact) mass is 542 g/mol. The van der Waals surface area contributed by atoms with Crippen molar-refractivity contribution in [3.8, 4) is 11.3 Å². The van der Waals surface area contributed by atoms with Crippen LogP contribution in [0, 0.1) is 25.7 Å². The fraction of sp³-hybridized carbons (Fsp3) is 0.516. The number of aromatic amines is 2. The summed E-state index contributed by atoms with van der Waals surface area (Å²) in [6.45, 7) is 16.0. The Morgan fingerprint density at radius 1 is 1.23 bits per heavy atom. The standard InChI is InChI=1S/C31H38N6OS/c1-16(2)26-27-19(5)31(6,24-11-22-10-21(24)13-36(22)12-20-7-8-32-25(38)9-20)39-30(27)35-28(26)23-14-37-29(33-15-34-37)18(4)17(23)3/h7-9,14-16,19,21-22,24,35H,10-13H2,1-6H3,(H,32,38)/t19?,21?,22?,24-,31?/m1/s1. The molecule has 2 aliphatic heterocycles. The maximum atomic E-state index is 11.8. The normalized spacial score (nSPS) is 28.3. The van der Waals surface area contributed by atoms with Crippen molar-refractivity contribution >= 4 is 17.4 Å². The molecule has 2 N–H and O–H groups in total. The van der Waals surface area contributed by atoms with Crippen molar-refractivity contribution in [1.82, 2.24) is 29.5 Å². The number of thioether (sulfide) groups is 1. The fourth-order valence-electron chi connectivity index (χ4n) is 8.04. The van der Waals surface area contributed by atoms with Gasteiger partial charge in [-0.25, -0.2) is 9.50 Å². The van der Waals surface area contributed by atoms with Crippen molar-refractivity contribution in [3.63, 3.8) is 0 Å². The summed E-state index contributed by atoms with van der Waals surface area (Å²) in [4.78, 5) is 25.6. The minimum Gasteiger partial charge on any atom is -0.349 e. The number of aromatic nitrogens is 5. The smallest absolute Gasteiger partial charge is 0.248 e. The molecule has 7 rings (SSSR count). The van der Waals surface area contributed by atoms with Crippen LogP contribution in [0.4, 0.5) is 0 Å². The van der Waals surface area contributed by atoms with Crippen LogP contribution in [0.5, 0.6) is 0 Å². The number of piperidine rings is 1. The molecule has 1 saturated carbocycles. The van der Waals surface area contributed by atoms with Gasteiger partial charge < -0.3 is 9.97 Å². The molecule has 1 saturated heterocycles. The number of hydrogen-bond donors (Lipinski definition) is 2. The van der Waals surface area contributed by atoms with Crippen LogP contribution in [0.15, 0.2) is 40.7 Å². The summed E-state index contributed by atoms with van der Waals surface area (Å²) in [5, 5.41) is 5.82. The molecule has 39 heavy (non-hydrogen) atoms. The number of likely N-dealkylation sites (tertiary alicyclic amines) is 1. The molecular weight excluding hydrogens is 504 g/mol. The van der Waals surface area contributed by atoms with E-state index in [9.17, 15) is 4.79 Å². The lowest BCUT2D eigenvalue weighted by Gasteiger charge is -2.42. The highest BCUT2D eigenvalue weighted by atomic mass is 32.2. The van der Waals surface area contributed by atoms with E-state index in [0.717, 1.165) is 24.3 Å². The zero-order chi connectivity index (χ0) is 27.2. The first-order valence-corrected chi connectivity index (χ1v) is 15.1. The molecule has 204 valence electrons. The van der Waals surface area contributed by atoms with Gasteiger partial charge in [-0.1, -0.05) is 20.8 Å². The van der Waals surface area contributed by atoms with Gasteiger partial charge in [-0.2, -0.15) is 5.10 Å². The summed E-state index contributed by atoms with van der Waals surface area (Å²) in [5.41, 5.74) is 9.99. The summed E-state index contributed by atoms with van der Waals surface area (Å²) < 4.78 is 2.10. The number of nitrogens with one attached hydrogen (secondary N) is 2. The predicted molar refractivity (Wildman–Crippen MR) is 156 cm³/mol. The summed E-state index contributed by atoms with van der Waals surface area (Å²) in [7, 11) is 0. The Labute approximate surface area is 233 Å². The maximum Gasteiger partial charge on any atom is 0.248 e. The van der Waals surface area contributed by atoms with Crippen molar-refractivity contribution in [2.75, 3.05) is 6.54 Å². The second-order valence-electron chi connectivity index (χ2n) is 12.6. The number of hydrogen-bond acceptors (Lipinski definition) is 5. The number of H-pyrrole nitrogens is 2. The van der Waals surface area contributed by atoms with Crippen molar-refractivity contribution in [2.45, 2.75) is 88.6 Å². The highest BCUT2D eigenvalue weighted by molar-refractivity contribution is 8.01. The first-order valence-electron chi connectivity index (χ1n) is 14.3. The van der Waals surface area contributed by atoms with Crippen LogP contribution in [-0.4, -0.2) is 46.8 Å². The third kappa shape index (κ3) is 3.70. The van der Waals surface area contributed by atoms with Crippen LogP contribution in [0.1, 0.15) is 80.2 Å². The molecule has 5 atom stereocenters. The topological polar surface area (TPSA) is 82.1 Å². The van der Waals surface area contributed by atoms with Gasteiger partial charge in [-0.3, -0.25) is 9.69 Å². The second kappa shape index (κ2) is 8.83. The number of fused-ring (bicyclic) bond motifs is 4. The van der Waals surface area contributed by atoms with Gasteiger partial charge in [0.1, 0.15) is 6.33 Å². The lowest BCUT2D eigenvalue weighted by atomic mass is 9.73. The second-order valence-corrected chi connectivity index (χ2v) is 14.1. The lowest BCUT2D eigenvalue weighted by molar-refractivity contribution is 0.143. The minimum absolute atomic E-state index is 0.00791. The number of pyridine rings is 2. The van der Waals surface area contributed by atoms with E-state index in [0.29, 0.717) is 29.7 Å². The average Bonchev–Trinajstić information content (AvgIpc) is 3.70. The fourth-order valence-corrected chi connectivity index (χ4v) is 9.76. The third-order valence-electron chi connectivity index (χ3n) is 10.2. The Bertz CT molecular complexity index is 1650. The molecule has 0 spiro atoms. The van der Waals surface area contributed by atoms with Crippen LogP contribution in [0.3, 0.4) is 0 Å². The van der Waals surface area contributed by atoms with Gasteiger partial charge in [-0.05, 0) is 91.2 Å². The summed E-state index contributed by atoms with van der Waals surface area (Å²) >= 11 is 2.10. The molecule has 4 aromatic rings. The maximum absolute atomic E-state index is 11.8. The first kappa shape index (κ1) is 25.1. The van der Waals surface area contributed by atoms with E-state index < -0.39 is 0 Å². The van der Waals surface area contributed by atoms with Crippen LogP contribution in [-0.2, 0) is 6.54 Å². The molecule has 6 heterocycles. The summed E-state index contributed by atoms with van der Waals surface area (Å²) in [6.07, 6.45) is 8.09. The highest BCUT2D eigenvalue weighted by Crippen LogP contribution is 2.64. The number of aryl methyl sites for hydroxylation is 1. The van der Waals surface area contributed by atoms with E-state index in [1.807, 2.05) is 10.6 Å². The van der Waals surface area contributed by atoms with Gasteiger partial charge in [0.15, 0.2) is 5.65 Å². The highest BCUT2D eigenvalue weighted by Gasteiger charge is 2.57. The van der Waals surface area contributed by atoms with Crippen molar-refractivity contribution < 1.29 is 0 Å². The molecular formula is C31H38N6OS. The van der Waals surface area contributed by atoms with Gasteiger partial charge >= 0.3 is 0 Å². The summed E-state index contributed by atoms with van der Waals surface area (Å²) in [6, 6.07) is 4.41. The van der Waals surface area contributed by atoms with Crippen LogP contribution < -0.4 is 5.56 Å². The van der Waals surface area contributed by atoms with Gasteiger partial charge in [-0.15, -0.1) is 11.8 Å². The van der Waals surface area contributed by atoms with Crippen molar-refractivity contribution in [2.24, 2.45) is 11.8 Å². The van der Waals surface area contributed by atoms with E-state index >= 15 is 0 Å². The zero-order valence-corrected chi connectivity index (χ0v) is 24.5. The first-order chi connectivity index (χ1) is 18.7. The molecule has 0 radical (unpaired) electrons. The van der Waals surface area contributed by atoms with E-state index in [1.54, 1.807) is 18.6 Å². The molecule has 8 heteroatoms. The SMILES string of the molecule is Cc1c(-c2[nH]c3c(c2C(C)C)C(C)C(C)([C@@H]2CC4CC2CN4Cc2cc[nH]c(=O)c2)S3)cn2ncnc2c1C. The largest absolute Gasteiger partial charge is 0.349 e. The Morgan fingerprint density at radius 3 is 2.77 bits per heavy atom. The predicted octanol–water partition coefficient (Wildman–Crippen LogP) is 6.03. The molecule has 0 amide bonds. The van der Waals surface area contributed by atoms with Gasteiger partial charge in [0, 0.05) is 47.9 Å². The summed E-state index contributed by atoms with van der Waals surface area (Å²) in [5.74, 6) is 2.29. The molecule has 3 aliphatic rings. The molecule has 4 unspecified atom stereocenters. The molecule has 7 nitrogen and oxygen atoms in total. The third-order valence-corrected chi connectivity index (χ3v) is 11.9. The Kier molecular flexibility index (Phi) is 5.69. The van der Waals surface area contributed by atoms with E-state index in [4.69, 9.17) is 0 Å². The van der Waals surface area contributed by atoms with Crippen LogP contribution in [0.25, 0.3) is 16.9 Å². The average molecular weight is 543 g/mol. The molecule has 0 aromatic carbocycles. The van der Waals surface area contributed by atoms with Gasteiger partial charge in [0.05, 0.1) is 10.7 Å². The van der Waals surface area contributed by atoms with E-state index in [-0.39, 0.29) is 10.3 Å². The zero-order valence-electron chi connectivity index (χ0n) is 23.7. The quantitative estimate of drug-likeness (QED) is 0.322. The van der Waals surface area contributed by atoms with E-state index in [1.165, 1.54) is 51.4 Å². The van der Waals surface area contributed by atoms with E-state index in [2.05, 4.69) is 84.5 Å². The molecule has 2 fully saturated rings. The number of nitrogens with zero attached hydrogens (tertiary/aromatic N) is 4. The molecule has 2 bridgehead atoms. The van der Waals surface area contributed by atoms with Crippen molar-refractivity contribution in [3.05, 3.63) is 69.0 Å². The molecule has 4 aromatic heterocycles. The van der Waals surface area contributed by atoms with Crippen molar-refractivity contribution in [1.29, 1.82) is 0 Å². The minimum atomic E-state index is -0.00791. The van der Waals surface area contributed by atoms with Crippen LogP contribution >= 0.6 is 11.8 Å². The number of rotatable bonds is 5. The Morgan fingerprint density at radius 2 is 2.05 bits per heavy atom. The van der Waals surface area contributed by atoms with Crippen LogP contribution in [0.2, 0.25) is 0 Å².